The van der Waals surface area contributed by atoms with Gasteiger partial charge in [-0.25, -0.2) is 4.98 Å². The summed E-state index contributed by atoms with van der Waals surface area (Å²) in [7, 11) is 0. The third-order valence-corrected chi connectivity index (χ3v) is 5.54. The Morgan fingerprint density at radius 1 is 1.44 bits per heavy atom. The van der Waals surface area contributed by atoms with Crippen LogP contribution in [-0.2, 0) is 14.2 Å². The fraction of sp³-hybridized carbons (Fsp3) is 0.778. The van der Waals surface area contributed by atoms with Crippen LogP contribution in [0.3, 0.4) is 0 Å². The maximum Gasteiger partial charge on any atom is 0.273 e. The summed E-state index contributed by atoms with van der Waals surface area (Å²) in [5, 5.41) is 1.81. The molecule has 2 aliphatic heterocycles. The highest BCUT2D eigenvalue weighted by atomic mass is 32.1. The van der Waals surface area contributed by atoms with Gasteiger partial charge in [0.15, 0.2) is 0 Å². The predicted octanol–water partition coefficient (Wildman–Crippen LogP) is 2.74. The summed E-state index contributed by atoms with van der Waals surface area (Å²) >= 11 is 1.45. The van der Waals surface area contributed by atoms with Crippen molar-refractivity contribution in [2.75, 3.05) is 32.9 Å². The van der Waals surface area contributed by atoms with E-state index < -0.39 is 0 Å². The van der Waals surface area contributed by atoms with E-state index in [-0.39, 0.29) is 23.7 Å². The minimum atomic E-state index is -0.138. The molecule has 0 aliphatic carbocycles. The molecule has 3 rings (SSSR count). The Morgan fingerprint density at radius 2 is 2.24 bits per heavy atom. The zero-order chi connectivity index (χ0) is 17.7. The van der Waals surface area contributed by atoms with E-state index >= 15 is 0 Å². The fourth-order valence-corrected chi connectivity index (χ4v) is 4.10. The van der Waals surface area contributed by atoms with Crippen LogP contribution >= 0.6 is 11.3 Å². The molecule has 7 heteroatoms. The number of aromatic nitrogens is 1. The van der Waals surface area contributed by atoms with E-state index in [4.69, 9.17) is 14.2 Å². The molecule has 6 nitrogen and oxygen atoms in total. The van der Waals surface area contributed by atoms with Crippen molar-refractivity contribution in [1.29, 1.82) is 0 Å². The molecule has 25 heavy (non-hydrogen) atoms. The predicted molar refractivity (Wildman–Crippen MR) is 96.0 cm³/mol. The molecule has 0 radical (unpaired) electrons. The number of nitrogens with zero attached hydrogens (tertiary/aromatic N) is 2. The normalized spacial score (nSPS) is 23.3. The standard InChI is InChI=1S/C18H28N2O4S/c1-14(2)22-9-10-23-15-3-8-24-18(11-15)4-6-20(7-5-18)17(21)16-12-25-13-19-16/h12-15H,3-11H2,1-2H3. The van der Waals surface area contributed by atoms with Crippen LogP contribution in [0.4, 0.5) is 0 Å². The Kier molecular flexibility index (Phi) is 6.44. The number of thiazole rings is 1. The Labute approximate surface area is 153 Å². The van der Waals surface area contributed by atoms with E-state index in [1.165, 1.54) is 11.3 Å². The molecular formula is C18H28N2O4S. The minimum Gasteiger partial charge on any atom is -0.376 e. The van der Waals surface area contributed by atoms with Crippen LogP contribution in [0.5, 0.6) is 0 Å². The van der Waals surface area contributed by atoms with Gasteiger partial charge in [0.25, 0.3) is 5.91 Å². The van der Waals surface area contributed by atoms with Crippen molar-refractivity contribution < 1.29 is 19.0 Å². The number of likely N-dealkylation sites (tertiary alicyclic amines) is 1. The van der Waals surface area contributed by atoms with Crippen molar-refractivity contribution in [2.24, 2.45) is 0 Å². The third kappa shape index (κ3) is 5.00. The van der Waals surface area contributed by atoms with Crippen molar-refractivity contribution in [3.05, 3.63) is 16.6 Å². The lowest BCUT2D eigenvalue weighted by molar-refractivity contribution is -0.156. The van der Waals surface area contributed by atoms with Gasteiger partial charge in [-0.15, -0.1) is 11.3 Å². The van der Waals surface area contributed by atoms with Gasteiger partial charge in [-0.05, 0) is 33.1 Å². The summed E-state index contributed by atoms with van der Waals surface area (Å²) in [5.41, 5.74) is 2.12. The molecule has 1 atom stereocenters. The number of carbonyl (C=O) groups excluding carboxylic acids is 1. The molecule has 0 saturated carbocycles. The maximum absolute atomic E-state index is 12.4. The average Bonchev–Trinajstić information content (AvgIpc) is 3.13. The summed E-state index contributed by atoms with van der Waals surface area (Å²) < 4.78 is 17.7. The van der Waals surface area contributed by atoms with Crippen LogP contribution in [0.25, 0.3) is 0 Å². The number of ether oxygens (including phenoxy) is 3. The van der Waals surface area contributed by atoms with Crippen LogP contribution in [-0.4, -0.2) is 66.5 Å². The second-order valence-electron chi connectivity index (χ2n) is 7.10. The number of amides is 1. The van der Waals surface area contributed by atoms with E-state index in [1.807, 2.05) is 24.1 Å². The first-order valence-corrected chi connectivity index (χ1v) is 10.1. The average molecular weight is 368 g/mol. The maximum atomic E-state index is 12.4. The first-order chi connectivity index (χ1) is 12.1. The number of rotatable bonds is 6. The molecule has 2 aliphatic rings. The van der Waals surface area contributed by atoms with E-state index in [1.54, 1.807) is 5.51 Å². The molecule has 1 unspecified atom stereocenters. The first kappa shape index (κ1) is 18.8. The van der Waals surface area contributed by atoms with Crippen LogP contribution in [0.2, 0.25) is 0 Å². The summed E-state index contributed by atoms with van der Waals surface area (Å²) in [6, 6.07) is 0. The SMILES string of the molecule is CC(C)OCCOC1CCOC2(CCN(C(=O)c3cscn3)CC2)C1. The van der Waals surface area contributed by atoms with Gasteiger partial charge in [-0.1, -0.05) is 0 Å². The molecule has 1 spiro atoms. The second kappa shape index (κ2) is 8.58. The largest absolute Gasteiger partial charge is 0.376 e. The molecule has 3 heterocycles. The fourth-order valence-electron chi connectivity index (χ4n) is 3.57. The lowest BCUT2D eigenvalue weighted by Gasteiger charge is -2.46. The molecule has 0 aromatic carbocycles. The highest BCUT2D eigenvalue weighted by Crippen LogP contribution is 2.36. The summed E-state index contributed by atoms with van der Waals surface area (Å²) in [6.45, 7) is 7.51. The lowest BCUT2D eigenvalue weighted by Crippen LogP contribution is -2.52. The van der Waals surface area contributed by atoms with Gasteiger partial charge in [0, 0.05) is 31.5 Å². The topological polar surface area (TPSA) is 60.9 Å². The Hall–Kier alpha value is -1.02. The van der Waals surface area contributed by atoms with E-state index in [0.717, 1.165) is 45.4 Å². The van der Waals surface area contributed by atoms with Crippen LogP contribution in [0, 0.1) is 0 Å². The van der Waals surface area contributed by atoms with Gasteiger partial charge in [0.2, 0.25) is 0 Å². The lowest BCUT2D eigenvalue weighted by atomic mass is 9.83. The summed E-state index contributed by atoms with van der Waals surface area (Å²) in [4.78, 5) is 18.4. The molecule has 1 aromatic heterocycles. The molecule has 1 amide bonds. The van der Waals surface area contributed by atoms with Gasteiger partial charge in [-0.3, -0.25) is 4.79 Å². The van der Waals surface area contributed by atoms with Gasteiger partial charge in [-0.2, -0.15) is 0 Å². The highest BCUT2D eigenvalue weighted by molar-refractivity contribution is 7.07. The zero-order valence-electron chi connectivity index (χ0n) is 15.1. The van der Waals surface area contributed by atoms with Crippen molar-refractivity contribution >= 4 is 17.2 Å². The molecular weight excluding hydrogens is 340 g/mol. The van der Waals surface area contributed by atoms with Gasteiger partial charge >= 0.3 is 0 Å². The summed E-state index contributed by atoms with van der Waals surface area (Å²) in [5.74, 6) is 0.0329. The Bertz CT molecular complexity index is 541. The Balaban J connectivity index is 1.46. The monoisotopic (exact) mass is 368 g/mol. The van der Waals surface area contributed by atoms with E-state index in [9.17, 15) is 4.79 Å². The molecule has 2 fully saturated rings. The zero-order valence-corrected chi connectivity index (χ0v) is 15.9. The van der Waals surface area contributed by atoms with Crippen LogP contribution in [0.15, 0.2) is 10.9 Å². The number of piperidine rings is 1. The second-order valence-corrected chi connectivity index (χ2v) is 7.82. The van der Waals surface area contributed by atoms with Crippen LogP contribution < -0.4 is 0 Å². The number of hydrogen-bond donors (Lipinski definition) is 0. The number of carbonyl (C=O) groups is 1. The molecule has 140 valence electrons. The highest BCUT2D eigenvalue weighted by Gasteiger charge is 2.41. The number of hydrogen-bond acceptors (Lipinski definition) is 6. The van der Waals surface area contributed by atoms with Crippen LogP contribution in [0.1, 0.15) is 50.0 Å². The molecule has 2 saturated heterocycles. The molecule has 0 N–H and O–H groups in total. The van der Waals surface area contributed by atoms with Gasteiger partial charge in [0.05, 0.1) is 36.5 Å². The quantitative estimate of drug-likeness (QED) is 0.723. The van der Waals surface area contributed by atoms with Crippen molar-refractivity contribution in [2.45, 2.75) is 57.3 Å². The van der Waals surface area contributed by atoms with E-state index in [2.05, 4.69) is 4.98 Å². The van der Waals surface area contributed by atoms with Crippen molar-refractivity contribution in [1.82, 2.24) is 9.88 Å². The van der Waals surface area contributed by atoms with Crippen molar-refractivity contribution in [3.63, 3.8) is 0 Å². The first-order valence-electron chi connectivity index (χ1n) is 9.13. The van der Waals surface area contributed by atoms with Crippen molar-refractivity contribution in [3.8, 4) is 0 Å². The minimum absolute atomic E-state index is 0.0329. The smallest absolute Gasteiger partial charge is 0.273 e. The molecule has 0 bridgehead atoms. The van der Waals surface area contributed by atoms with E-state index in [0.29, 0.717) is 18.9 Å². The molecule has 1 aromatic rings. The van der Waals surface area contributed by atoms with Gasteiger partial charge in [0.1, 0.15) is 5.69 Å². The summed E-state index contributed by atoms with van der Waals surface area (Å²) in [6.07, 6.45) is 4.05. The van der Waals surface area contributed by atoms with Gasteiger partial charge < -0.3 is 19.1 Å². The third-order valence-electron chi connectivity index (χ3n) is 4.95. The Morgan fingerprint density at radius 3 is 2.92 bits per heavy atom.